The standard InChI is InChI=1S/C9H16O3/c1-4-7-8(11-5-2)9(10)12-6-3/h7H,4-6H2,1-3H3. The van der Waals surface area contributed by atoms with Crippen molar-refractivity contribution >= 4 is 5.97 Å². The van der Waals surface area contributed by atoms with Crippen molar-refractivity contribution in [1.29, 1.82) is 0 Å². The van der Waals surface area contributed by atoms with E-state index >= 15 is 0 Å². The van der Waals surface area contributed by atoms with E-state index in [1.807, 2.05) is 13.8 Å². The molecule has 0 rings (SSSR count). The van der Waals surface area contributed by atoms with Gasteiger partial charge in [0.15, 0.2) is 0 Å². The Bertz CT molecular complexity index is 161. The van der Waals surface area contributed by atoms with Crippen LogP contribution in [0.15, 0.2) is 11.8 Å². The summed E-state index contributed by atoms with van der Waals surface area (Å²) >= 11 is 0. The fourth-order valence-electron chi connectivity index (χ4n) is 0.744. The molecule has 0 aromatic rings. The average Bonchev–Trinajstić information content (AvgIpc) is 2.04. The second kappa shape index (κ2) is 6.70. The summed E-state index contributed by atoms with van der Waals surface area (Å²) in [6, 6.07) is 0. The van der Waals surface area contributed by atoms with Gasteiger partial charge in [-0.05, 0) is 26.3 Å². The van der Waals surface area contributed by atoms with E-state index in [1.54, 1.807) is 13.0 Å². The van der Waals surface area contributed by atoms with Gasteiger partial charge in [-0.25, -0.2) is 4.79 Å². The topological polar surface area (TPSA) is 35.5 Å². The van der Waals surface area contributed by atoms with Crippen molar-refractivity contribution in [2.75, 3.05) is 13.2 Å². The van der Waals surface area contributed by atoms with Gasteiger partial charge >= 0.3 is 5.97 Å². The third-order valence-electron chi connectivity index (χ3n) is 1.17. The van der Waals surface area contributed by atoms with Crippen molar-refractivity contribution in [3.63, 3.8) is 0 Å². The maximum absolute atomic E-state index is 11.1. The van der Waals surface area contributed by atoms with Gasteiger partial charge in [0.25, 0.3) is 0 Å². The second-order valence-electron chi connectivity index (χ2n) is 2.13. The van der Waals surface area contributed by atoms with E-state index in [4.69, 9.17) is 9.47 Å². The van der Waals surface area contributed by atoms with Crippen LogP contribution in [-0.2, 0) is 14.3 Å². The van der Waals surface area contributed by atoms with Crippen LogP contribution in [-0.4, -0.2) is 19.2 Å². The van der Waals surface area contributed by atoms with Crippen LogP contribution in [0.3, 0.4) is 0 Å². The molecule has 0 bridgehead atoms. The maximum Gasteiger partial charge on any atom is 0.373 e. The molecule has 0 heterocycles. The van der Waals surface area contributed by atoms with E-state index < -0.39 is 0 Å². The van der Waals surface area contributed by atoms with Gasteiger partial charge in [0.05, 0.1) is 13.2 Å². The van der Waals surface area contributed by atoms with Crippen LogP contribution >= 0.6 is 0 Å². The zero-order valence-corrected chi connectivity index (χ0v) is 7.92. The van der Waals surface area contributed by atoms with E-state index in [0.29, 0.717) is 19.0 Å². The SMILES string of the molecule is CCC=C(OCC)C(=O)OCC. The number of ether oxygens (including phenoxy) is 2. The minimum absolute atomic E-state index is 0.321. The minimum Gasteiger partial charge on any atom is -0.487 e. The van der Waals surface area contributed by atoms with Crippen LogP contribution in [0.2, 0.25) is 0 Å². The number of hydrogen-bond donors (Lipinski definition) is 0. The molecule has 0 saturated carbocycles. The monoisotopic (exact) mass is 172 g/mol. The van der Waals surface area contributed by atoms with Gasteiger partial charge in [0, 0.05) is 0 Å². The minimum atomic E-state index is -0.374. The Morgan fingerprint density at radius 3 is 2.17 bits per heavy atom. The lowest BCUT2D eigenvalue weighted by molar-refractivity contribution is -0.142. The second-order valence-corrected chi connectivity index (χ2v) is 2.13. The predicted octanol–water partition coefficient (Wildman–Crippen LogP) is 1.88. The third kappa shape index (κ3) is 4.01. The van der Waals surface area contributed by atoms with E-state index in [0.717, 1.165) is 6.42 Å². The summed E-state index contributed by atoms with van der Waals surface area (Å²) in [6.45, 7) is 6.42. The van der Waals surface area contributed by atoms with Crippen LogP contribution < -0.4 is 0 Å². The van der Waals surface area contributed by atoms with Gasteiger partial charge in [-0.15, -0.1) is 0 Å². The first-order valence-corrected chi connectivity index (χ1v) is 4.26. The molecule has 12 heavy (non-hydrogen) atoms. The highest BCUT2D eigenvalue weighted by Crippen LogP contribution is 2.02. The lowest BCUT2D eigenvalue weighted by Crippen LogP contribution is -2.10. The molecule has 3 heteroatoms. The van der Waals surface area contributed by atoms with E-state index in [1.165, 1.54) is 0 Å². The number of esters is 1. The molecule has 0 aliphatic carbocycles. The summed E-state index contributed by atoms with van der Waals surface area (Å²) in [5, 5.41) is 0. The van der Waals surface area contributed by atoms with Crippen molar-refractivity contribution in [1.82, 2.24) is 0 Å². The molecule has 0 saturated heterocycles. The highest BCUT2D eigenvalue weighted by Gasteiger charge is 2.09. The predicted molar refractivity (Wildman–Crippen MR) is 46.6 cm³/mol. The molecular weight excluding hydrogens is 156 g/mol. The third-order valence-corrected chi connectivity index (χ3v) is 1.17. The Morgan fingerprint density at radius 1 is 1.17 bits per heavy atom. The molecule has 0 unspecified atom stereocenters. The van der Waals surface area contributed by atoms with Crippen molar-refractivity contribution in [3.05, 3.63) is 11.8 Å². The molecule has 0 fully saturated rings. The van der Waals surface area contributed by atoms with Crippen molar-refractivity contribution < 1.29 is 14.3 Å². The first-order valence-electron chi connectivity index (χ1n) is 4.26. The maximum atomic E-state index is 11.1. The summed E-state index contributed by atoms with van der Waals surface area (Å²) in [5.41, 5.74) is 0. The molecule has 0 amide bonds. The molecule has 3 nitrogen and oxygen atoms in total. The van der Waals surface area contributed by atoms with Gasteiger partial charge < -0.3 is 9.47 Å². The first kappa shape index (κ1) is 11.0. The largest absolute Gasteiger partial charge is 0.487 e. The molecule has 0 aliphatic rings. The number of allylic oxidation sites excluding steroid dienone is 1. The molecule has 0 aromatic carbocycles. The smallest absolute Gasteiger partial charge is 0.373 e. The van der Waals surface area contributed by atoms with E-state index in [9.17, 15) is 4.79 Å². The summed E-state index contributed by atoms with van der Waals surface area (Å²) < 4.78 is 9.86. The zero-order valence-electron chi connectivity index (χ0n) is 7.92. The Morgan fingerprint density at radius 2 is 1.75 bits per heavy atom. The van der Waals surface area contributed by atoms with Crippen LogP contribution in [0.5, 0.6) is 0 Å². The normalized spacial score (nSPS) is 11.1. The molecule has 0 radical (unpaired) electrons. The van der Waals surface area contributed by atoms with Crippen molar-refractivity contribution in [2.45, 2.75) is 27.2 Å². The number of carbonyl (C=O) groups excluding carboxylic acids is 1. The van der Waals surface area contributed by atoms with Gasteiger partial charge in [-0.3, -0.25) is 0 Å². The number of carbonyl (C=O) groups is 1. The average molecular weight is 172 g/mol. The van der Waals surface area contributed by atoms with Crippen LogP contribution in [0, 0.1) is 0 Å². The number of hydrogen-bond acceptors (Lipinski definition) is 3. The molecule has 0 N–H and O–H groups in total. The zero-order chi connectivity index (χ0) is 9.40. The van der Waals surface area contributed by atoms with E-state index in [-0.39, 0.29) is 5.97 Å². The van der Waals surface area contributed by atoms with E-state index in [2.05, 4.69) is 0 Å². The Kier molecular flexibility index (Phi) is 6.15. The first-order chi connectivity index (χ1) is 5.76. The lowest BCUT2D eigenvalue weighted by Gasteiger charge is -2.06. The molecular formula is C9H16O3. The van der Waals surface area contributed by atoms with Crippen LogP contribution in [0.1, 0.15) is 27.2 Å². The Hall–Kier alpha value is -0.990. The molecule has 70 valence electrons. The Labute approximate surface area is 73.4 Å². The molecule has 0 aliphatic heterocycles. The fraction of sp³-hybridized carbons (Fsp3) is 0.667. The van der Waals surface area contributed by atoms with Gasteiger partial charge in [-0.1, -0.05) is 6.92 Å². The highest BCUT2D eigenvalue weighted by molar-refractivity contribution is 5.86. The van der Waals surface area contributed by atoms with Gasteiger partial charge in [-0.2, -0.15) is 0 Å². The summed E-state index contributed by atoms with van der Waals surface area (Å²) in [4.78, 5) is 11.1. The summed E-state index contributed by atoms with van der Waals surface area (Å²) in [6.07, 6.45) is 2.50. The van der Waals surface area contributed by atoms with Crippen molar-refractivity contribution in [3.8, 4) is 0 Å². The summed E-state index contributed by atoms with van der Waals surface area (Å²) in [5.74, 6) is -0.0527. The van der Waals surface area contributed by atoms with Crippen LogP contribution in [0.4, 0.5) is 0 Å². The van der Waals surface area contributed by atoms with Crippen molar-refractivity contribution in [2.24, 2.45) is 0 Å². The lowest BCUT2D eigenvalue weighted by atomic mass is 10.4. The quantitative estimate of drug-likeness (QED) is 0.361. The summed E-state index contributed by atoms with van der Waals surface area (Å²) in [7, 11) is 0. The Balaban J connectivity index is 4.09. The number of rotatable bonds is 5. The highest BCUT2D eigenvalue weighted by atomic mass is 16.6. The van der Waals surface area contributed by atoms with Gasteiger partial charge in [0.1, 0.15) is 0 Å². The van der Waals surface area contributed by atoms with Crippen LogP contribution in [0.25, 0.3) is 0 Å². The molecule has 0 atom stereocenters. The molecule has 0 spiro atoms. The van der Waals surface area contributed by atoms with Gasteiger partial charge in [0.2, 0.25) is 5.76 Å². The fourth-order valence-corrected chi connectivity index (χ4v) is 0.744. The molecule has 0 aromatic heterocycles.